The van der Waals surface area contributed by atoms with Crippen LogP contribution < -0.4 is 5.73 Å². The molecule has 1 aromatic rings. The Bertz CT molecular complexity index is 271. The molecule has 1 rings (SSSR count). The number of nitrogens with two attached hydrogens (primary N) is 1. The fraction of sp³-hybridized carbons (Fsp3) is 0.333. The highest BCUT2D eigenvalue weighted by Crippen LogP contribution is 2.19. The second kappa shape index (κ2) is 2.98. The van der Waals surface area contributed by atoms with Gasteiger partial charge in [0.2, 0.25) is 0 Å². The second-order valence-electron chi connectivity index (χ2n) is 2.12. The monoisotopic (exact) mass is 172 g/mol. The summed E-state index contributed by atoms with van der Waals surface area (Å²) in [7, 11) is 0. The van der Waals surface area contributed by atoms with E-state index in [2.05, 4.69) is 4.98 Å². The number of aromatic nitrogens is 1. The van der Waals surface area contributed by atoms with Crippen molar-refractivity contribution in [2.75, 3.05) is 0 Å². The van der Waals surface area contributed by atoms with Crippen LogP contribution in [0.2, 0.25) is 0 Å². The van der Waals surface area contributed by atoms with E-state index in [1.807, 2.05) is 0 Å². The van der Waals surface area contributed by atoms with Crippen LogP contribution in [0.25, 0.3) is 0 Å². The summed E-state index contributed by atoms with van der Waals surface area (Å²) < 4.78 is 0. The summed E-state index contributed by atoms with van der Waals surface area (Å²) in [6, 6.07) is -0.928. The molecule has 0 aliphatic heterocycles. The van der Waals surface area contributed by atoms with E-state index in [1.54, 1.807) is 12.4 Å². The zero-order chi connectivity index (χ0) is 8.43. The third-order valence-corrected chi connectivity index (χ3v) is 2.35. The summed E-state index contributed by atoms with van der Waals surface area (Å²) in [5, 5.41) is 8.53. The van der Waals surface area contributed by atoms with Gasteiger partial charge in [0.15, 0.2) is 0 Å². The Labute approximate surface area is 67.7 Å². The highest BCUT2D eigenvalue weighted by Gasteiger charge is 2.17. The van der Waals surface area contributed by atoms with E-state index in [0.717, 1.165) is 0 Å². The number of rotatable bonds is 2. The normalized spacial score (nSPS) is 12.9. The van der Waals surface area contributed by atoms with Gasteiger partial charge in [0.05, 0.1) is 16.1 Å². The first-order valence-electron chi connectivity index (χ1n) is 3.01. The Balaban J connectivity index is 2.92. The zero-order valence-corrected chi connectivity index (χ0v) is 6.76. The van der Waals surface area contributed by atoms with Crippen molar-refractivity contribution < 1.29 is 9.90 Å². The summed E-state index contributed by atoms with van der Waals surface area (Å²) in [4.78, 5) is 14.9. The SMILES string of the molecule is Cc1ncsc1[C@@H](N)C(=O)O. The molecular weight excluding hydrogens is 164 g/mol. The molecule has 4 nitrogen and oxygen atoms in total. The second-order valence-corrected chi connectivity index (χ2v) is 3.00. The molecule has 3 N–H and O–H groups in total. The molecule has 11 heavy (non-hydrogen) atoms. The highest BCUT2D eigenvalue weighted by molar-refractivity contribution is 7.10. The smallest absolute Gasteiger partial charge is 0.326 e. The van der Waals surface area contributed by atoms with E-state index >= 15 is 0 Å². The highest BCUT2D eigenvalue weighted by atomic mass is 32.1. The quantitative estimate of drug-likeness (QED) is 0.682. The van der Waals surface area contributed by atoms with Crippen LogP contribution in [0.3, 0.4) is 0 Å². The first kappa shape index (κ1) is 8.16. The number of nitrogens with zero attached hydrogens (tertiary/aromatic N) is 1. The van der Waals surface area contributed by atoms with Gasteiger partial charge in [0.25, 0.3) is 0 Å². The molecule has 0 radical (unpaired) electrons. The molecule has 1 heterocycles. The van der Waals surface area contributed by atoms with Crippen molar-refractivity contribution in [1.82, 2.24) is 4.98 Å². The third kappa shape index (κ3) is 1.55. The first-order valence-corrected chi connectivity index (χ1v) is 3.89. The van der Waals surface area contributed by atoms with E-state index in [4.69, 9.17) is 10.8 Å². The van der Waals surface area contributed by atoms with Crippen LogP contribution in [-0.4, -0.2) is 16.1 Å². The molecule has 0 fully saturated rings. The van der Waals surface area contributed by atoms with Gasteiger partial charge in [0.1, 0.15) is 6.04 Å². The molecule has 0 unspecified atom stereocenters. The number of hydrogen-bond donors (Lipinski definition) is 2. The van der Waals surface area contributed by atoms with Crippen LogP contribution in [0.5, 0.6) is 0 Å². The largest absolute Gasteiger partial charge is 0.480 e. The summed E-state index contributed by atoms with van der Waals surface area (Å²) in [6.45, 7) is 1.74. The maximum Gasteiger partial charge on any atom is 0.326 e. The molecule has 5 heteroatoms. The number of hydrogen-bond acceptors (Lipinski definition) is 4. The van der Waals surface area contributed by atoms with Crippen LogP contribution in [0, 0.1) is 6.92 Å². The number of carbonyl (C=O) groups is 1. The Kier molecular flexibility index (Phi) is 2.21. The van der Waals surface area contributed by atoms with E-state index in [-0.39, 0.29) is 0 Å². The summed E-state index contributed by atoms with van der Waals surface area (Å²) in [6.07, 6.45) is 0. The molecule has 0 saturated heterocycles. The van der Waals surface area contributed by atoms with E-state index in [0.29, 0.717) is 10.6 Å². The minimum atomic E-state index is -1.02. The van der Waals surface area contributed by atoms with Gasteiger partial charge in [-0.1, -0.05) is 0 Å². The molecule has 0 aromatic carbocycles. The van der Waals surface area contributed by atoms with Crippen molar-refractivity contribution in [2.45, 2.75) is 13.0 Å². The lowest BCUT2D eigenvalue weighted by Crippen LogP contribution is -2.20. The number of aliphatic carboxylic acids is 1. The lowest BCUT2D eigenvalue weighted by atomic mass is 10.2. The van der Waals surface area contributed by atoms with Gasteiger partial charge in [-0.05, 0) is 6.92 Å². The van der Waals surface area contributed by atoms with Crippen molar-refractivity contribution in [2.24, 2.45) is 5.73 Å². The minimum Gasteiger partial charge on any atom is -0.480 e. The van der Waals surface area contributed by atoms with Crippen molar-refractivity contribution in [3.05, 3.63) is 16.1 Å². The van der Waals surface area contributed by atoms with E-state index in [9.17, 15) is 4.79 Å². The van der Waals surface area contributed by atoms with Gasteiger partial charge < -0.3 is 10.8 Å². The molecule has 0 aliphatic rings. The molecule has 1 atom stereocenters. The zero-order valence-electron chi connectivity index (χ0n) is 5.94. The summed E-state index contributed by atoms with van der Waals surface area (Å²) in [5.41, 5.74) is 7.64. The summed E-state index contributed by atoms with van der Waals surface area (Å²) >= 11 is 1.27. The Hall–Kier alpha value is -0.940. The predicted molar refractivity (Wildman–Crippen MR) is 41.4 cm³/mol. The third-order valence-electron chi connectivity index (χ3n) is 1.33. The van der Waals surface area contributed by atoms with E-state index < -0.39 is 12.0 Å². The lowest BCUT2D eigenvalue weighted by molar-refractivity contribution is -0.138. The molecule has 0 bridgehead atoms. The number of aryl methyl sites for hydroxylation is 1. The average molecular weight is 172 g/mol. The molecule has 0 aliphatic carbocycles. The number of carboxylic acid groups (broad SMARTS) is 1. The average Bonchev–Trinajstić information content (AvgIpc) is 2.33. The number of carboxylic acids is 1. The molecule has 1 aromatic heterocycles. The lowest BCUT2D eigenvalue weighted by Gasteiger charge is -2.02. The van der Waals surface area contributed by atoms with Gasteiger partial charge in [0, 0.05) is 0 Å². The summed E-state index contributed by atoms with van der Waals surface area (Å²) in [5.74, 6) is -1.02. The van der Waals surface area contributed by atoms with Crippen molar-refractivity contribution in [3.8, 4) is 0 Å². The Morgan fingerprint density at radius 1 is 1.91 bits per heavy atom. The van der Waals surface area contributed by atoms with E-state index in [1.165, 1.54) is 11.3 Å². The fourth-order valence-electron chi connectivity index (χ4n) is 0.722. The molecular formula is C6H8N2O2S. The van der Waals surface area contributed by atoms with Crippen LogP contribution in [0.1, 0.15) is 16.6 Å². The molecule has 60 valence electrons. The van der Waals surface area contributed by atoms with Crippen molar-refractivity contribution in [1.29, 1.82) is 0 Å². The topological polar surface area (TPSA) is 76.2 Å². The predicted octanol–water partition coefficient (Wildman–Crippen LogP) is 0.536. The maximum atomic E-state index is 10.4. The Morgan fingerprint density at radius 3 is 2.91 bits per heavy atom. The van der Waals surface area contributed by atoms with Crippen LogP contribution in [0.15, 0.2) is 5.51 Å². The van der Waals surface area contributed by atoms with Gasteiger partial charge >= 0.3 is 5.97 Å². The van der Waals surface area contributed by atoms with Crippen LogP contribution in [-0.2, 0) is 4.79 Å². The van der Waals surface area contributed by atoms with Crippen molar-refractivity contribution in [3.63, 3.8) is 0 Å². The fourth-order valence-corrected chi connectivity index (χ4v) is 1.52. The van der Waals surface area contributed by atoms with Crippen LogP contribution >= 0.6 is 11.3 Å². The molecule has 0 saturated carbocycles. The van der Waals surface area contributed by atoms with Gasteiger partial charge in [-0.3, -0.25) is 4.79 Å². The molecule has 0 spiro atoms. The van der Waals surface area contributed by atoms with Crippen molar-refractivity contribution >= 4 is 17.3 Å². The molecule has 0 amide bonds. The van der Waals surface area contributed by atoms with Gasteiger partial charge in [-0.2, -0.15) is 0 Å². The first-order chi connectivity index (χ1) is 5.13. The van der Waals surface area contributed by atoms with Crippen LogP contribution in [0.4, 0.5) is 0 Å². The van der Waals surface area contributed by atoms with Gasteiger partial charge in [-0.15, -0.1) is 11.3 Å². The minimum absolute atomic E-state index is 0.623. The maximum absolute atomic E-state index is 10.4. The standard InChI is InChI=1S/C6H8N2O2S/c1-3-5(11-2-8-3)4(7)6(9)10/h2,4H,7H2,1H3,(H,9,10)/t4-/m1/s1. The number of thiazole rings is 1. The van der Waals surface area contributed by atoms with Gasteiger partial charge in [-0.25, -0.2) is 4.98 Å². The Morgan fingerprint density at radius 2 is 2.55 bits per heavy atom.